The molecular weight excluding hydrogens is 280 g/mol. The Morgan fingerprint density at radius 1 is 1.36 bits per heavy atom. The van der Waals surface area contributed by atoms with Crippen LogP contribution in [0.1, 0.15) is 38.2 Å². The van der Waals surface area contributed by atoms with Crippen LogP contribution in [-0.4, -0.2) is 29.8 Å². The number of amides is 1. The van der Waals surface area contributed by atoms with Crippen LogP contribution in [0.15, 0.2) is 24.3 Å². The summed E-state index contributed by atoms with van der Waals surface area (Å²) < 4.78 is 5.60. The largest absolute Gasteiger partial charge is 0.481 e. The molecule has 0 aromatic heterocycles. The fourth-order valence-corrected chi connectivity index (χ4v) is 2.67. The summed E-state index contributed by atoms with van der Waals surface area (Å²) in [4.78, 5) is 12.2. The normalized spacial score (nSPS) is 22.4. The first-order chi connectivity index (χ1) is 10.6. The van der Waals surface area contributed by atoms with Crippen molar-refractivity contribution in [3.63, 3.8) is 0 Å². The highest BCUT2D eigenvalue weighted by molar-refractivity contribution is 5.81. The number of hydrogen-bond donors (Lipinski definition) is 2. The molecule has 1 aromatic carbocycles. The number of hydrogen-bond acceptors (Lipinski definition) is 4. The van der Waals surface area contributed by atoms with Gasteiger partial charge in [0.1, 0.15) is 5.75 Å². The van der Waals surface area contributed by atoms with Crippen LogP contribution in [0.2, 0.25) is 0 Å². The molecule has 1 unspecified atom stereocenters. The van der Waals surface area contributed by atoms with Gasteiger partial charge in [-0.25, -0.2) is 0 Å². The zero-order valence-corrected chi connectivity index (χ0v) is 12.8. The van der Waals surface area contributed by atoms with Crippen LogP contribution in [-0.2, 0) is 4.79 Å². The molecule has 5 heteroatoms. The number of nitrogens with zero attached hydrogens (tertiary/aromatic N) is 1. The molecule has 1 aliphatic carbocycles. The Morgan fingerprint density at radius 2 is 2.00 bits per heavy atom. The number of nitriles is 1. The molecule has 2 rings (SSSR count). The van der Waals surface area contributed by atoms with Crippen LogP contribution >= 0.6 is 0 Å². The van der Waals surface area contributed by atoms with E-state index in [1.54, 1.807) is 31.2 Å². The maximum Gasteiger partial charge on any atom is 0.260 e. The molecular formula is C17H22N2O3. The number of ether oxygens (including phenoxy) is 1. The van der Waals surface area contributed by atoms with E-state index in [2.05, 4.69) is 5.32 Å². The van der Waals surface area contributed by atoms with Crippen molar-refractivity contribution in [1.82, 2.24) is 5.32 Å². The summed E-state index contributed by atoms with van der Waals surface area (Å²) in [7, 11) is 0. The SMILES string of the molecule is CC(Oc1ccc(C#N)cc1)C(=O)NC1CCC(CO)CC1. The van der Waals surface area contributed by atoms with Gasteiger partial charge in [-0.1, -0.05) is 0 Å². The van der Waals surface area contributed by atoms with Crippen LogP contribution in [0.5, 0.6) is 5.75 Å². The highest BCUT2D eigenvalue weighted by atomic mass is 16.5. The van der Waals surface area contributed by atoms with Gasteiger partial charge in [0.2, 0.25) is 0 Å². The number of benzene rings is 1. The minimum atomic E-state index is -0.580. The fraction of sp³-hybridized carbons (Fsp3) is 0.529. The Labute approximate surface area is 130 Å². The van der Waals surface area contributed by atoms with E-state index < -0.39 is 6.10 Å². The van der Waals surface area contributed by atoms with E-state index in [4.69, 9.17) is 15.1 Å². The summed E-state index contributed by atoms with van der Waals surface area (Å²) in [6.45, 7) is 1.95. The summed E-state index contributed by atoms with van der Waals surface area (Å²) in [6.07, 6.45) is 3.13. The van der Waals surface area contributed by atoms with E-state index in [0.29, 0.717) is 17.2 Å². The van der Waals surface area contributed by atoms with Crippen LogP contribution in [0.4, 0.5) is 0 Å². The molecule has 1 aromatic rings. The van der Waals surface area contributed by atoms with Crippen LogP contribution in [0, 0.1) is 17.2 Å². The summed E-state index contributed by atoms with van der Waals surface area (Å²) in [5, 5.41) is 20.9. The summed E-state index contributed by atoms with van der Waals surface area (Å²) in [6, 6.07) is 8.91. The standard InChI is InChI=1S/C17H22N2O3/c1-12(22-16-8-4-13(10-18)5-9-16)17(21)19-15-6-2-14(11-20)3-7-15/h4-5,8-9,12,14-15,20H,2-3,6-7,11H2,1H3,(H,19,21). The Kier molecular flexibility index (Phi) is 5.79. The zero-order valence-electron chi connectivity index (χ0n) is 12.8. The van der Waals surface area contributed by atoms with E-state index in [-0.39, 0.29) is 18.6 Å². The first kappa shape index (κ1) is 16.3. The molecule has 1 aliphatic rings. The first-order valence-electron chi connectivity index (χ1n) is 7.70. The molecule has 1 fully saturated rings. The monoisotopic (exact) mass is 302 g/mol. The maximum atomic E-state index is 12.2. The van der Waals surface area contributed by atoms with Gasteiger partial charge in [0.25, 0.3) is 5.91 Å². The Balaban J connectivity index is 1.80. The number of nitrogens with one attached hydrogen (secondary N) is 1. The second-order valence-corrected chi connectivity index (χ2v) is 5.81. The third-order valence-corrected chi connectivity index (χ3v) is 4.12. The van der Waals surface area contributed by atoms with Gasteiger partial charge in [-0.05, 0) is 62.8 Å². The van der Waals surface area contributed by atoms with Crippen molar-refractivity contribution in [3.8, 4) is 11.8 Å². The Hall–Kier alpha value is -2.06. The smallest absolute Gasteiger partial charge is 0.260 e. The molecule has 0 saturated heterocycles. The van der Waals surface area contributed by atoms with Crippen molar-refractivity contribution < 1.29 is 14.6 Å². The highest BCUT2D eigenvalue weighted by Gasteiger charge is 2.24. The van der Waals surface area contributed by atoms with Gasteiger partial charge in [0.15, 0.2) is 6.10 Å². The van der Waals surface area contributed by atoms with Crippen molar-refractivity contribution in [3.05, 3.63) is 29.8 Å². The fourth-order valence-electron chi connectivity index (χ4n) is 2.67. The van der Waals surface area contributed by atoms with Crippen molar-refractivity contribution in [2.45, 2.75) is 44.8 Å². The molecule has 0 bridgehead atoms. The summed E-state index contributed by atoms with van der Waals surface area (Å²) >= 11 is 0. The van der Waals surface area contributed by atoms with Gasteiger partial charge in [-0.15, -0.1) is 0 Å². The zero-order chi connectivity index (χ0) is 15.9. The summed E-state index contributed by atoms with van der Waals surface area (Å²) in [5.41, 5.74) is 0.560. The molecule has 5 nitrogen and oxygen atoms in total. The number of aliphatic hydroxyl groups excluding tert-OH is 1. The molecule has 1 saturated carbocycles. The molecule has 22 heavy (non-hydrogen) atoms. The van der Waals surface area contributed by atoms with Crippen LogP contribution in [0.25, 0.3) is 0 Å². The maximum absolute atomic E-state index is 12.2. The van der Waals surface area contributed by atoms with Gasteiger partial charge in [0, 0.05) is 12.6 Å². The third-order valence-electron chi connectivity index (χ3n) is 4.12. The van der Waals surface area contributed by atoms with E-state index in [0.717, 1.165) is 25.7 Å². The van der Waals surface area contributed by atoms with Gasteiger partial charge in [-0.2, -0.15) is 5.26 Å². The molecule has 0 heterocycles. The topological polar surface area (TPSA) is 82.3 Å². The molecule has 1 amide bonds. The van der Waals surface area contributed by atoms with E-state index in [1.165, 1.54) is 0 Å². The van der Waals surface area contributed by atoms with Crippen molar-refractivity contribution in [2.24, 2.45) is 5.92 Å². The van der Waals surface area contributed by atoms with Crippen molar-refractivity contribution in [2.75, 3.05) is 6.61 Å². The molecule has 0 spiro atoms. The lowest BCUT2D eigenvalue weighted by Crippen LogP contribution is -2.44. The van der Waals surface area contributed by atoms with E-state index in [9.17, 15) is 4.79 Å². The van der Waals surface area contributed by atoms with Crippen molar-refractivity contribution >= 4 is 5.91 Å². The Morgan fingerprint density at radius 3 is 2.55 bits per heavy atom. The van der Waals surface area contributed by atoms with E-state index in [1.807, 2.05) is 6.07 Å². The minimum absolute atomic E-state index is 0.128. The average Bonchev–Trinajstić information content (AvgIpc) is 2.56. The second-order valence-electron chi connectivity index (χ2n) is 5.81. The quantitative estimate of drug-likeness (QED) is 0.871. The minimum Gasteiger partial charge on any atom is -0.481 e. The molecule has 118 valence electrons. The number of carbonyl (C=O) groups is 1. The third kappa shape index (κ3) is 4.47. The number of aliphatic hydroxyl groups is 1. The molecule has 1 atom stereocenters. The van der Waals surface area contributed by atoms with Gasteiger partial charge >= 0.3 is 0 Å². The van der Waals surface area contributed by atoms with Crippen LogP contribution < -0.4 is 10.1 Å². The van der Waals surface area contributed by atoms with Gasteiger partial charge in [-0.3, -0.25) is 4.79 Å². The van der Waals surface area contributed by atoms with Crippen LogP contribution in [0.3, 0.4) is 0 Å². The number of rotatable bonds is 5. The average molecular weight is 302 g/mol. The molecule has 0 radical (unpaired) electrons. The van der Waals surface area contributed by atoms with E-state index >= 15 is 0 Å². The van der Waals surface area contributed by atoms with Crippen molar-refractivity contribution in [1.29, 1.82) is 5.26 Å². The lowest BCUT2D eigenvalue weighted by molar-refractivity contribution is -0.128. The second kappa shape index (κ2) is 7.81. The van der Waals surface area contributed by atoms with Gasteiger partial charge < -0.3 is 15.2 Å². The summed E-state index contributed by atoms with van der Waals surface area (Å²) in [5.74, 6) is 0.822. The predicted molar refractivity (Wildman–Crippen MR) is 82.2 cm³/mol. The predicted octanol–water partition coefficient (Wildman–Crippen LogP) is 1.99. The molecule has 0 aliphatic heterocycles. The Bertz CT molecular complexity index is 528. The lowest BCUT2D eigenvalue weighted by Gasteiger charge is -2.28. The first-order valence-corrected chi connectivity index (χ1v) is 7.70. The highest BCUT2D eigenvalue weighted by Crippen LogP contribution is 2.23. The number of carbonyl (C=O) groups excluding carboxylic acids is 1. The van der Waals surface area contributed by atoms with Gasteiger partial charge in [0.05, 0.1) is 11.6 Å². The molecule has 2 N–H and O–H groups in total. The lowest BCUT2D eigenvalue weighted by atomic mass is 9.86.